The third-order valence-electron chi connectivity index (χ3n) is 2.28. The van der Waals surface area contributed by atoms with Crippen molar-refractivity contribution in [2.45, 2.75) is 12.7 Å². The Bertz CT molecular complexity index is 586. The van der Waals surface area contributed by atoms with Crippen LogP contribution in [0.5, 0.6) is 0 Å². The topological polar surface area (TPSA) is 24.9 Å². The first-order valence-electron chi connectivity index (χ1n) is 5.07. The van der Waals surface area contributed by atoms with E-state index in [-0.39, 0.29) is 4.47 Å². The van der Waals surface area contributed by atoms with Gasteiger partial charge < -0.3 is 5.32 Å². The number of rotatable bonds is 3. The van der Waals surface area contributed by atoms with E-state index in [0.29, 0.717) is 16.7 Å². The van der Waals surface area contributed by atoms with Crippen LogP contribution in [-0.2, 0) is 12.7 Å². The van der Waals surface area contributed by atoms with Crippen LogP contribution in [0, 0.1) is 0 Å². The van der Waals surface area contributed by atoms with E-state index in [9.17, 15) is 13.2 Å². The van der Waals surface area contributed by atoms with Gasteiger partial charge >= 0.3 is 6.18 Å². The van der Waals surface area contributed by atoms with Gasteiger partial charge in [-0.05, 0) is 28.1 Å². The summed E-state index contributed by atoms with van der Waals surface area (Å²) in [5, 5.41) is 2.92. The maximum Gasteiger partial charge on any atom is 0.417 e. The second-order valence-corrected chi connectivity index (χ2v) is 6.09. The molecule has 0 saturated heterocycles. The third kappa shape index (κ3) is 3.61. The molecule has 2 rings (SSSR count). The molecule has 19 heavy (non-hydrogen) atoms. The molecule has 1 N–H and O–H groups in total. The summed E-state index contributed by atoms with van der Waals surface area (Å²) in [6.07, 6.45) is -2.80. The van der Waals surface area contributed by atoms with Crippen LogP contribution in [0.3, 0.4) is 0 Å². The Morgan fingerprint density at radius 2 is 2.11 bits per heavy atom. The van der Waals surface area contributed by atoms with Crippen LogP contribution in [0.1, 0.15) is 10.4 Å². The van der Waals surface area contributed by atoms with E-state index in [1.165, 1.54) is 17.4 Å². The predicted molar refractivity (Wildman–Crippen MR) is 73.6 cm³/mol. The summed E-state index contributed by atoms with van der Waals surface area (Å²) in [5.74, 6) is 0. The molecule has 0 saturated carbocycles. The molecule has 1 aromatic heterocycles. The summed E-state index contributed by atoms with van der Waals surface area (Å²) in [4.78, 5) is 4.70. The lowest BCUT2D eigenvalue weighted by Gasteiger charge is -2.13. The Hall–Kier alpha value is -0.790. The molecule has 102 valence electrons. The fourth-order valence-corrected chi connectivity index (χ4v) is 2.98. The second kappa shape index (κ2) is 5.68. The predicted octanol–water partition coefficient (Wildman–Crippen LogP) is 5.19. The molecule has 0 unspecified atom stereocenters. The first-order chi connectivity index (χ1) is 8.88. The summed E-state index contributed by atoms with van der Waals surface area (Å²) in [5.41, 5.74) is -0.334. The molecule has 0 aliphatic heterocycles. The smallest absolute Gasteiger partial charge is 0.379 e. The highest BCUT2D eigenvalue weighted by atomic mass is 79.9. The van der Waals surface area contributed by atoms with Crippen molar-refractivity contribution in [1.82, 2.24) is 4.98 Å². The number of anilines is 1. The van der Waals surface area contributed by atoms with E-state index in [2.05, 4.69) is 26.2 Å². The monoisotopic (exact) mass is 370 g/mol. The minimum absolute atomic E-state index is 0.00175. The fraction of sp³-hybridized carbons (Fsp3) is 0.182. The lowest BCUT2D eigenvalue weighted by atomic mass is 10.2. The highest BCUT2D eigenvalue weighted by Crippen LogP contribution is 2.38. The van der Waals surface area contributed by atoms with E-state index in [4.69, 9.17) is 11.6 Å². The highest BCUT2D eigenvalue weighted by molar-refractivity contribution is 9.10. The number of nitrogens with one attached hydrogen (secondary N) is 1. The molecular formula is C11H7BrClF3N2S. The minimum Gasteiger partial charge on any atom is -0.379 e. The number of halogens is 5. The molecule has 0 spiro atoms. The van der Waals surface area contributed by atoms with Crippen LogP contribution < -0.4 is 5.32 Å². The van der Waals surface area contributed by atoms with Gasteiger partial charge in [0, 0.05) is 16.8 Å². The number of hydrogen-bond acceptors (Lipinski definition) is 3. The molecule has 0 amide bonds. The minimum atomic E-state index is -4.38. The zero-order valence-corrected chi connectivity index (χ0v) is 12.4. The molecule has 0 atom stereocenters. The number of alkyl halides is 3. The van der Waals surface area contributed by atoms with Crippen LogP contribution in [0.4, 0.5) is 18.9 Å². The summed E-state index contributed by atoms with van der Waals surface area (Å²) in [7, 11) is 0. The van der Waals surface area contributed by atoms with Crippen molar-refractivity contribution in [2.24, 2.45) is 0 Å². The lowest BCUT2D eigenvalue weighted by Crippen LogP contribution is -2.08. The first-order valence-corrected chi connectivity index (χ1v) is 7.06. The number of hydrogen-bond donors (Lipinski definition) is 1. The largest absolute Gasteiger partial charge is 0.417 e. The van der Waals surface area contributed by atoms with Crippen LogP contribution in [-0.4, -0.2) is 4.98 Å². The average Bonchev–Trinajstić information content (AvgIpc) is 2.72. The Balaban J connectivity index is 2.17. The zero-order valence-electron chi connectivity index (χ0n) is 9.26. The van der Waals surface area contributed by atoms with Crippen LogP contribution in [0.15, 0.2) is 28.9 Å². The Morgan fingerprint density at radius 1 is 1.37 bits per heavy atom. The van der Waals surface area contributed by atoms with Crippen LogP contribution in [0.2, 0.25) is 4.47 Å². The molecule has 1 heterocycles. The van der Waals surface area contributed by atoms with E-state index in [1.54, 1.807) is 12.3 Å². The van der Waals surface area contributed by atoms with Gasteiger partial charge in [-0.3, -0.25) is 0 Å². The van der Waals surface area contributed by atoms with Crippen molar-refractivity contribution in [2.75, 3.05) is 5.32 Å². The van der Waals surface area contributed by atoms with Gasteiger partial charge in [0.2, 0.25) is 0 Å². The van der Waals surface area contributed by atoms with Crippen molar-refractivity contribution in [3.63, 3.8) is 0 Å². The standard InChI is InChI=1S/C11H7BrClF3N2S/c12-9-7(11(14,15)16)2-1-3-8(9)17-4-6-5-18-10(13)19-6/h1-3,5,17H,4H2. The maximum absolute atomic E-state index is 12.7. The summed E-state index contributed by atoms with van der Waals surface area (Å²) >= 11 is 9.93. The maximum atomic E-state index is 12.7. The highest BCUT2D eigenvalue weighted by Gasteiger charge is 2.33. The summed E-state index contributed by atoms with van der Waals surface area (Å²) < 4.78 is 38.5. The molecule has 0 aliphatic rings. The Kier molecular flexibility index (Phi) is 4.37. The molecule has 8 heteroatoms. The van der Waals surface area contributed by atoms with Crippen molar-refractivity contribution >= 4 is 44.6 Å². The average molecular weight is 372 g/mol. The van der Waals surface area contributed by atoms with Crippen molar-refractivity contribution in [3.05, 3.63) is 43.8 Å². The van der Waals surface area contributed by atoms with Gasteiger partial charge in [-0.2, -0.15) is 13.2 Å². The molecular weight excluding hydrogens is 365 g/mol. The van der Waals surface area contributed by atoms with Crippen molar-refractivity contribution < 1.29 is 13.2 Å². The summed E-state index contributed by atoms with van der Waals surface area (Å²) in [6, 6.07) is 3.95. The molecule has 0 bridgehead atoms. The molecule has 0 aliphatic carbocycles. The lowest BCUT2D eigenvalue weighted by molar-refractivity contribution is -0.138. The Morgan fingerprint density at radius 3 is 2.68 bits per heavy atom. The molecule has 0 radical (unpaired) electrons. The van der Waals surface area contributed by atoms with Crippen LogP contribution >= 0.6 is 38.9 Å². The summed E-state index contributed by atoms with van der Waals surface area (Å²) in [6.45, 7) is 0.365. The number of nitrogens with zero attached hydrogens (tertiary/aromatic N) is 1. The quantitative estimate of drug-likeness (QED) is 0.803. The Labute approximate surface area is 124 Å². The fourth-order valence-electron chi connectivity index (χ4n) is 1.44. The van der Waals surface area contributed by atoms with Gasteiger partial charge in [0.05, 0.1) is 16.6 Å². The van der Waals surface area contributed by atoms with Crippen molar-refractivity contribution in [3.8, 4) is 0 Å². The van der Waals surface area contributed by atoms with Gasteiger partial charge in [-0.25, -0.2) is 4.98 Å². The van der Waals surface area contributed by atoms with Crippen molar-refractivity contribution in [1.29, 1.82) is 0 Å². The van der Waals surface area contributed by atoms with E-state index >= 15 is 0 Å². The van der Waals surface area contributed by atoms with Gasteiger partial charge in [0.1, 0.15) is 0 Å². The van der Waals surface area contributed by atoms with E-state index < -0.39 is 11.7 Å². The zero-order chi connectivity index (χ0) is 14.0. The van der Waals surface area contributed by atoms with E-state index in [1.807, 2.05) is 0 Å². The second-order valence-electron chi connectivity index (χ2n) is 3.60. The molecule has 1 aromatic carbocycles. The first kappa shape index (κ1) is 14.6. The number of thiazole rings is 1. The van der Waals surface area contributed by atoms with Gasteiger partial charge in [0.15, 0.2) is 4.47 Å². The molecule has 2 nitrogen and oxygen atoms in total. The normalized spacial score (nSPS) is 11.6. The van der Waals surface area contributed by atoms with E-state index in [0.717, 1.165) is 10.9 Å². The molecule has 0 fully saturated rings. The third-order valence-corrected chi connectivity index (χ3v) is 4.25. The van der Waals surface area contributed by atoms with Gasteiger partial charge in [0.25, 0.3) is 0 Å². The van der Waals surface area contributed by atoms with Gasteiger partial charge in [-0.15, -0.1) is 11.3 Å². The van der Waals surface area contributed by atoms with Gasteiger partial charge in [-0.1, -0.05) is 17.7 Å². The number of aromatic nitrogens is 1. The SMILES string of the molecule is FC(F)(F)c1cccc(NCc2cnc(Cl)s2)c1Br. The van der Waals surface area contributed by atoms with Crippen LogP contribution in [0.25, 0.3) is 0 Å². The molecule has 2 aromatic rings. The number of benzene rings is 1.